The first-order chi connectivity index (χ1) is 7.63. The molecule has 1 N–H and O–H groups in total. The van der Waals surface area contributed by atoms with Crippen LogP contribution in [0.4, 0.5) is 0 Å². The highest BCUT2D eigenvalue weighted by atomic mass is 16.3. The van der Waals surface area contributed by atoms with E-state index in [0.29, 0.717) is 0 Å². The summed E-state index contributed by atoms with van der Waals surface area (Å²) in [4.78, 5) is 2.32. The predicted molar refractivity (Wildman–Crippen MR) is 67.7 cm³/mol. The van der Waals surface area contributed by atoms with Gasteiger partial charge < -0.3 is 14.6 Å². The minimum absolute atomic E-state index is 0.969. The number of hydrogen-bond donors (Lipinski definition) is 1. The maximum atomic E-state index is 5.52. The number of hydrogen-bond acceptors (Lipinski definition) is 3. The lowest BCUT2D eigenvalue weighted by Gasteiger charge is -2.16. The largest absolute Gasteiger partial charge is 0.466 e. The molecule has 0 atom stereocenters. The molecule has 16 heavy (non-hydrogen) atoms. The Kier molecular flexibility index (Phi) is 5.56. The van der Waals surface area contributed by atoms with Crippen LogP contribution in [0.25, 0.3) is 0 Å². The fourth-order valence-corrected chi connectivity index (χ4v) is 1.78. The van der Waals surface area contributed by atoms with E-state index in [1.54, 1.807) is 0 Å². The third kappa shape index (κ3) is 4.37. The molecule has 0 radical (unpaired) electrons. The summed E-state index contributed by atoms with van der Waals surface area (Å²) in [7, 11) is 2.15. The van der Waals surface area contributed by atoms with E-state index in [0.717, 1.165) is 37.7 Å². The standard InChI is InChI=1S/C13H24N2O/c1-5-6-14-7-8-15(4)10-13-9-11(2)16-12(13)3/h9,14H,5-8,10H2,1-4H3. The molecule has 0 spiro atoms. The summed E-state index contributed by atoms with van der Waals surface area (Å²) < 4.78 is 5.52. The van der Waals surface area contributed by atoms with Crippen LogP contribution in [0.3, 0.4) is 0 Å². The van der Waals surface area contributed by atoms with Gasteiger partial charge in [0.25, 0.3) is 0 Å². The number of aryl methyl sites for hydroxylation is 2. The SMILES string of the molecule is CCCNCCN(C)Cc1cc(C)oc1C. The lowest BCUT2D eigenvalue weighted by atomic mass is 10.2. The van der Waals surface area contributed by atoms with Crippen molar-refractivity contribution in [2.24, 2.45) is 0 Å². The normalized spacial score (nSPS) is 11.3. The molecule has 0 aliphatic heterocycles. The third-order valence-electron chi connectivity index (χ3n) is 2.68. The molecule has 3 nitrogen and oxygen atoms in total. The number of likely N-dealkylation sites (N-methyl/N-ethyl adjacent to an activating group) is 1. The fraction of sp³-hybridized carbons (Fsp3) is 0.692. The molecule has 3 heteroatoms. The summed E-state index contributed by atoms with van der Waals surface area (Å²) in [6.45, 7) is 10.4. The second-order valence-corrected chi connectivity index (χ2v) is 4.43. The van der Waals surface area contributed by atoms with Crippen molar-refractivity contribution in [3.63, 3.8) is 0 Å². The molecule has 1 aromatic rings. The van der Waals surface area contributed by atoms with Crippen LogP contribution in [0.5, 0.6) is 0 Å². The Bertz CT molecular complexity index is 307. The van der Waals surface area contributed by atoms with Crippen LogP contribution in [0.2, 0.25) is 0 Å². The zero-order chi connectivity index (χ0) is 12.0. The molecule has 0 aliphatic rings. The number of rotatable bonds is 7. The molecule has 0 saturated carbocycles. The minimum atomic E-state index is 0.969. The van der Waals surface area contributed by atoms with Crippen LogP contribution in [-0.4, -0.2) is 31.6 Å². The highest BCUT2D eigenvalue weighted by molar-refractivity contribution is 5.19. The van der Waals surface area contributed by atoms with Crippen LogP contribution in [0.1, 0.15) is 30.4 Å². The molecule has 1 heterocycles. The van der Waals surface area contributed by atoms with Gasteiger partial charge in [0.1, 0.15) is 11.5 Å². The van der Waals surface area contributed by atoms with Crippen molar-refractivity contribution in [3.8, 4) is 0 Å². The number of nitrogens with one attached hydrogen (secondary N) is 1. The quantitative estimate of drug-likeness (QED) is 0.721. The van der Waals surface area contributed by atoms with Crippen LogP contribution in [-0.2, 0) is 6.54 Å². The summed E-state index contributed by atoms with van der Waals surface area (Å²) in [5, 5.41) is 3.41. The molecular weight excluding hydrogens is 200 g/mol. The van der Waals surface area contributed by atoms with Gasteiger partial charge in [0.15, 0.2) is 0 Å². The van der Waals surface area contributed by atoms with Gasteiger partial charge in [0.2, 0.25) is 0 Å². The van der Waals surface area contributed by atoms with Crippen molar-refractivity contribution in [2.75, 3.05) is 26.7 Å². The first-order valence-corrected chi connectivity index (χ1v) is 6.08. The predicted octanol–water partition coefficient (Wildman–Crippen LogP) is 2.33. The van der Waals surface area contributed by atoms with E-state index in [-0.39, 0.29) is 0 Å². The topological polar surface area (TPSA) is 28.4 Å². The molecule has 1 aromatic heterocycles. The first-order valence-electron chi connectivity index (χ1n) is 6.08. The lowest BCUT2D eigenvalue weighted by molar-refractivity contribution is 0.322. The Labute approximate surface area is 98.8 Å². The summed E-state index contributed by atoms with van der Waals surface area (Å²) >= 11 is 0. The van der Waals surface area contributed by atoms with E-state index in [9.17, 15) is 0 Å². The molecule has 92 valence electrons. The average molecular weight is 224 g/mol. The molecule has 0 aromatic carbocycles. The Morgan fingerprint density at radius 2 is 2.06 bits per heavy atom. The van der Waals surface area contributed by atoms with Crippen molar-refractivity contribution in [1.29, 1.82) is 0 Å². The van der Waals surface area contributed by atoms with E-state index >= 15 is 0 Å². The van der Waals surface area contributed by atoms with Crippen molar-refractivity contribution in [3.05, 3.63) is 23.2 Å². The van der Waals surface area contributed by atoms with E-state index < -0.39 is 0 Å². The van der Waals surface area contributed by atoms with Crippen molar-refractivity contribution in [2.45, 2.75) is 33.7 Å². The minimum Gasteiger partial charge on any atom is -0.466 e. The molecular formula is C13H24N2O. The summed E-state index contributed by atoms with van der Waals surface area (Å²) in [6, 6.07) is 2.13. The summed E-state index contributed by atoms with van der Waals surface area (Å²) in [5.74, 6) is 2.05. The van der Waals surface area contributed by atoms with Crippen molar-refractivity contribution >= 4 is 0 Å². The maximum Gasteiger partial charge on any atom is 0.105 e. The van der Waals surface area contributed by atoms with Crippen molar-refractivity contribution < 1.29 is 4.42 Å². The monoisotopic (exact) mass is 224 g/mol. The Balaban J connectivity index is 2.28. The molecule has 0 bridgehead atoms. The molecule has 1 rings (SSSR count). The molecule has 0 unspecified atom stereocenters. The van der Waals surface area contributed by atoms with E-state index in [2.05, 4.69) is 30.3 Å². The average Bonchev–Trinajstić information content (AvgIpc) is 2.52. The Morgan fingerprint density at radius 3 is 2.62 bits per heavy atom. The summed E-state index contributed by atoms with van der Waals surface area (Å²) in [5.41, 5.74) is 1.30. The second kappa shape index (κ2) is 6.71. The van der Waals surface area contributed by atoms with Gasteiger partial charge in [-0.1, -0.05) is 6.92 Å². The van der Waals surface area contributed by atoms with Crippen LogP contribution < -0.4 is 5.32 Å². The molecule has 0 amide bonds. The van der Waals surface area contributed by atoms with Gasteiger partial charge >= 0.3 is 0 Å². The lowest BCUT2D eigenvalue weighted by Crippen LogP contribution is -2.29. The number of furan rings is 1. The first kappa shape index (κ1) is 13.3. The third-order valence-corrected chi connectivity index (χ3v) is 2.68. The van der Waals surface area contributed by atoms with Gasteiger partial charge in [-0.25, -0.2) is 0 Å². The molecule has 0 aliphatic carbocycles. The highest BCUT2D eigenvalue weighted by Crippen LogP contribution is 2.14. The zero-order valence-electron chi connectivity index (χ0n) is 11.0. The maximum absolute atomic E-state index is 5.52. The highest BCUT2D eigenvalue weighted by Gasteiger charge is 2.07. The van der Waals surface area contributed by atoms with Crippen LogP contribution in [0, 0.1) is 13.8 Å². The van der Waals surface area contributed by atoms with E-state index in [1.165, 1.54) is 12.0 Å². The molecule has 0 saturated heterocycles. The second-order valence-electron chi connectivity index (χ2n) is 4.43. The van der Waals surface area contributed by atoms with Gasteiger partial charge in [-0.05, 0) is 39.9 Å². The van der Waals surface area contributed by atoms with Crippen molar-refractivity contribution in [1.82, 2.24) is 10.2 Å². The van der Waals surface area contributed by atoms with Gasteiger partial charge in [0, 0.05) is 25.2 Å². The number of nitrogens with zero attached hydrogens (tertiary/aromatic N) is 1. The molecule has 0 fully saturated rings. The summed E-state index contributed by atoms with van der Waals surface area (Å²) in [6.07, 6.45) is 1.20. The Morgan fingerprint density at radius 1 is 1.31 bits per heavy atom. The van der Waals surface area contributed by atoms with Gasteiger partial charge in [-0.3, -0.25) is 0 Å². The zero-order valence-corrected chi connectivity index (χ0v) is 11.0. The van der Waals surface area contributed by atoms with Gasteiger partial charge in [-0.15, -0.1) is 0 Å². The van der Waals surface area contributed by atoms with E-state index in [4.69, 9.17) is 4.42 Å². The van der Waals surface area contributed by atoms with E-state index in [1.807, 2.05) is 13.8 Å². The van der Waals surface area contributed by atoms with Crippen LogP contribution >= 0.6 is 0 Å². The fourth-order valence-electron chi connectivity index (χ4n) is 1.78. The van der Waals surface area contributed by atoms with Crippen LogP contribution in [0.15, 0.2) is 10.5 Å². The smallest absolute Gasteiger partial charge is 0.105 e. The Hall–Kier alpha value is -0.800. The van der Waals surface area contributed by atoms with Gasteiger partial charge in [-0.2, -0.15) is 0 Å². The van der Waals surface area contributed by atoms with Gasteiger partial charge in [0.05, 0.1) is 0 Å².